The molecule has 0 radical (unpaired) electrons. The third-order valence-corrected chi connectivity index (χ3v) is 5.21. The molecule has 1 N–H and O–H groups in total. The van der Waals surface area contributed by atoms with Gasteiger partial charge in [0.2, 0.25) is 6.79 Å². The number of aryl methyl sites for hydroxylation is 1. The van der Waals surface area contributed by atoms with Crippen molar-refractivity contribution >= 4 is 5.97 Å². The highest BCUT2D eigenvalue weighted by molar-refractivity contribution is 5.76. The Kier molecular flexibility index (Phi) is 4.96. The van der Waals surface area contributed by atoms with Crippen molar-refractivity contribution in [1.82, 2.24) is 14.8 Å². The van der Waals surface area contributed by atoms with Gasteiger partial charge in [-0.25, -0.2) is 0 Å². The third kappa shape index (κ3) is 3.74. The minimum atomic E-state index is -0.845. The first-order chi connectivity index (χ1) is 13.1. The van der Waals surface area contributed by atoms with Crippen LogP contribution in [0.4, 0.5) is 0 Å². The van der Waals surface area contributed by atoms with Gasteiger partial charge in [-0.3, -0.25) is 19.6 Å². The zero-order chi connectivity index (χ0) is 18.8. The standard InChI is InChI=1S/C20H23N3O4/c1-14-3-2-6-21-16(14)12-22-7-9-23(10-8-22)19(20(24)25)15-4-5-17-18(11-15)27-13-26-17/h2-6,11,19H,7-10,12-13H2,1H3,(H,24,25). The summed E-state index contributed by atoms with van der Waals surface area (Å²) >= 11 is 0. The molecule has 0 spiro atoms. The Bertz CT molecular complexity index is 834. The molecule has 142 valence electrons. The summed E-state index contributed by atoms with van der Waals surface area (Å²) in [5.41, 5.74) is 2.99. The van der Waals surface area contributed by atoms with Gasteiger partial charge in [0.25, 0.3) is 0 Å². The molecule has 1 aromatic carbocycles. The second-order valence-electron chi connectivity index (χ2n) is 6.93. The summed E-state index contributed by atoms with van der Waals surface area (Å²) in [5, 5.41) is 9.83. The number of hydrogen-bond donors (Lipinski definition) is 1. The average Bonchev–Trinajstić information content (AvgIpc) is 3.13. The van der Waals surface area contributed by atoms with Crippen molar-refractivity contribution in [2.75, 3.05) is 33.0 Å². The Labute approximate surface area is 158 Å². The van der Waals surface area contributed by atoms with Gasteiger partial charge in [0.15, 0.2) is 11.5 Å². The van der Waals surface area contributed by atoms with Crippen LogP contribution in [0.3, 0.4) is 0 Å². The number of rotatable bonds is 5. The normalized spacial score (nSPS) is 18.4. The van der Waals surface area contributed by atoms with Gasteiger partial charge in [-0.05, 0) is 36.2 Å². The maximum atomic E-state index is 12.0. The molecule has 0 aliphatic carbocycles. The molecule has 2 aliphatic rings. The molecule has 1 atom stereocenters. The van der Waals surface area contributed by atoms with Gasteiger partial charge in [-0.1, -0.05) is 12.1 Å². The van der Waals surface area contributed by atoms with E-state index in [4.69, 9.17) is 9.47 Å². The van der Waals surface area contributed by atoms with E-state index in [0.717, 1.165) is 30.9 Å². The number of pyridine rings is 1. The first-order valence-electron chi connectivity index (χ1n) is 9.11. The van der Waals surface area contributed by atoms with Crippen LogP contribution in [-0.4, -0.2) is 58.8 Å². The largest absolute Gasteiger partial charge is 0.480 e. The van der Waals surface area contributed by atoms with E-state index >= 15 is 0 Å². The molecule has 27 heavy (non-hydrogen) atoms. The van der Waals surface area contributed by atoms with Crippen LogP contribution in [0.2, 0.25) is 0 Å². The highest BCUT2D eigenvalue weighted by atomic mass is 16.7. The summed E-state index contributed by atoms with van der Waals surface area (Å²) in [6.45, 7) is 6.05. The number of benzene rings is 1. The quantitative estimate of drug-likeness (QED) is 0.865. The molecular formula is C20H23N3O4. The van der Waals surface area contributed by atoms with Crippen LogP contribution in [0.15, 0.2) is 36.5 Å². The topological polar surface area (TPSA) is 75.1 Å². The number of carboxylic acids is 1. The number of aliphatic carboxylic acids is 1. The molecule has 1 unspecified atom stereocenters. The number of carboxylic acid groups (broad SMARTS) is 1. The van der Waals surface area contributed by atoms with Gasteiger partial charge in [-0.2, -0.15) is 0 Å². The summed E-state index contributed by atoms with van der Waals surface area (Å²) in [5.74, 6) is 0.435. The molecule has 1 saturated heterocycles. The van der Waals surface area contributed by atoms with Gasteiger partial charge in [-0.15, -0.1) is 0 Å². The smallest absolute Gasteiger partial charge is 0.325 e. The van der Waals surface area contributed by atoms with E-state index in [0.29, 0.717) is 24.6 Å². The molecule has 1 fully saturated rings. The second kappa shape index (κ2) is 7.54. The van der Waals surface area contributed by atoms with Crippen molar-refractivity contribution < 1.29 is 19.4 Å². The fourth-order valence-corrected chi connectivity index (χ4v) is 3.67. The SMILES string of the molecule is Cc1cccnc1CN1CCN(C(C(=O)O)c2ccc3c(c2)OCO3)CC1. The number of ether oxygens (including phenoxy) is 2. The lowest BCUT2D eigenvalue weighted by Crippen LogP contribution is -2.49. The maximum absolute atomic E-state index is 12.0. The summed E-state index contributed by atoms with van der Waals surface area (Å²) in [4.78, 5) is 20.8. The van der Waals surface area contributed by atoms with Crippen LogP contribution in [0.1, 0.15) is 22.9 Å². The molecule has 2 aromatic rings. The fraction of sp³-hybridized carbons (Fsp3) is 0.400. The highest BCUT2D eigenvalue weighted by Crippen LogP contribution is 2.35. The van der Waals surface area contributed by atoms with Gasteiger partial charge in [0.1, 0.15) is 6.04 Å². The van der Waals surface area contributed by atoms with E-state index in [1.165, 1.54) is 5.56 Å². The van der Waals surface area contributed by atoms with E-state index in [-0.39, 0.29) is 6.79 Å². The van der Waals surface area contributed by atoms with Gasteiger partial charge < -0.3 is 14.6 Å². The lowest BCUT2D eigenvalue weighted by molar-refractivity contribution is -0.144. The summed E-state index contributed by atoms with van der Waals surface area (Å²) < 4.78 is 10.7. The molecule has 2 aliphatic heterocycles. The summed E-state index contributed by atoms with van der Waals surface area (Å²) in [7, 11) is 0. The average molecular weight is 369 g/mol. The molecule has 7 nitrogen and oxygen atoms in total. The van der Waals surface area contributed by atoms with Crippen LogP contribution in [0.5, 0.6) is 11.5 Å². The van der Waals surface area contributed by atoms with Gasteiger partial charge in [0.05, 0.1) is 5.69 Å². The molecule has 0 saturated carbocycles. The number of piperazine rings is 1. The van der Waals surface area contributed by atoms with Crippen LogP contribution in [-0.2, 0) is 11.3 Å². The highest BCUT2D eigenvalue weighted by Gasteiger charge is 2.31. The van der Waals surface area contributed by atoms with E-state index in [2.05, 4.69) is 22.9 Å². The van der Waals surface area contributed by atoms with Crippen LogP contribution in [0, 0.1) is 6.92 Å². The predicted octanol–water partition coefficient (Wildman–Crippen LogP) is 2.06. The zero-order valence-corrected chi connectivity index (χ0v) is 15.3. The van der Waals surface area contributed by atoms with Crippen molar-refractivity contribution in [3.05, 3.63) is 53.3 Å². The molecule has 0 amide bonds. The first kappa shape index (κ1) is 17.8. The van der Waals surface area contributed by atoms with Crippen molar-refractivity contribution in [1.29, 1.82) is 0 Å². The number of fused-ring (bicyclic) bond motifs is 1. The van der Waals surface area contributed by atoms with E-state index in [1.807, 2.05) is 23.2 Å². The fourth-order valence-electron chi connectivity index (χ4n) is 3.67. The number of nitrogens with zero attached hydrogens (tertiary/aromatic N) is 3. The number of aromatic nitrogens is 1. The van der Waals surface area contributed by atoms with Crippen molar-refractivity contribution in [2.24, 2.45) is 0 Å². The molecule has 1 aromatic heterocycles. The lowest BCUT2D eigenvalue weighted by atomic mass is 10.0. The van der Waals surface area contributed by atoms with E-state index < -0.39 is 12.0 Å². The Morgan fingerprint density at radius 3 is 2.70 bits per heavy atom. The number of hydrogen-bond acceptors (Lipinski definition) is 6. The van der Waals surface area contributed by atoms with E-state index in [1.54, 1.807) is 12.1 Å². The van der Waals surface area contributed by atoms with Crippen molar-refractivity contribution in [3.8, 4) is 11.5 Å². The maximum Gasteiger partial charge on any atom is 0.325 e. The van der Waals surface area contributed by atoms with Crippen molar-refractivity contribution in [3.63, 3.8) is 0 Å². The summed E-state index contributed by atoms with van der Waals surface area (Å²) in [6.07, 6.45) is 1.82. The Hall–Kier alpha value is -2.64. The molecular weight excluding hydrogens is 346 g/mol. The minimum Gasteiger partial charge on any atom is -0.480 e. The van der Waals surface area contributed by atoms with Crippen LogP contribution >= 0.6 is 0 Å². The van der Waals surface area contributed by atoms with E-state index in [9.17, 15) is 9.90 Å². The second-order valence-corrected chi connectivity index (χ2v) is 6.93. The minimum absolute atomic E-state index is 0.183. The summed E-state index contributed by atoms with van der Waals surface area (Å²) in [6, 6.07) is 8.71. The van der Waals surface area contributed by atoms with Gasteiger partial charge >= 0.3 is 5.97 Å². The lowest BCUT2D eigenvalue weighted by Gasteiger charge is -2.37. The van der Waals surface area contributed by atoms with Crippen LogP contribution < -0.4 is 9.47 Å². The third-order valence-electron chi connectivity index (χ3n) is 5.21. The molecule has 7 heteroatoms. The zero-order valence-electron chi connectivity index (χ0n) is 15.3. The van der Waals surface area contributed by atoms with Crippen molar-refractivity contribution in [2.45, 2.75) is 19.5 Å². The first-order valence-corrected chi connectivity index (χ1v) is 9.11. The Balaban J connectivity index is 1.43. The van der Waals surface area contributed by atoms with Crippen LogP contribution in [0.25, 0.3) is 0 Å². The molecule has 0 bridgehead atoms. The van der Waals surface area contributed by atoms with Gasteiger partial charge in [0, 0.05) is 38.9 Å². The Morgan fingerprint density at radius 2 is 1.96 bits per heavy atom. The molecule has 4 rings (SSSR count). The number of carbonyl (C=O) groups is 1. The Morgan fingerprint density at radius 1 is 1.19 bits per heavy atom. The molecule has 3 heterocycles. The monoisotopic (exact) mass is 369 g/mol. The predicted molar refractivity (Wildman–Crippen MR) is 98.8 cm³/mol.